The van der Waals surface area contributed by atoms with Gasteiger partial charge in [0, 0.05) is 24.7 Å². The van der Waals surface area contributed by atoms with E-state index in [2.05, 4.69) is 10.6 Å². The molecule has 0 aromatic heterocycles. The number of non-ortho nitro benzene ring substituents is 1. The molecule has 0 radical (unpaired) electrons. The van der Waals surface area contributed by atoms with Crippen LogP contribution in [0.3, 0.4) is 0 Å². The molecule has 0 unspecified atom stereocenters. The molecule has 0 saturated carbocycles. The number of nitrogens with zero attached hydrogens (tertiary/aromatic N) is 1. The lowest BCUT2D eigenvalue weighted by atomic mass is 9.83. The van der Waals surface area contributed by atoms with Gasteiger partial charge in [-0.1, -0.05) is 12.1 Å². The van der Waals surface area contributed by atoms with Gasteiger partial charge in [-0.15, -0.1) is 12.4 Å². The molecule has 1 aliphatic rings. The molecule has 0 bridgehead atoms. The molecule has 1 saturated heterocycles. The zero-order chi connectivity index (χ0) is 15.5. The molecule has 1 aromatic carbocycles. The maximum Gasteiger partial charge on any atom is 0.269 e. The van der Waals surface area contributed by atoms with Crippen LogP contribution in [-0.4, -0.2) is 30.0 Å². The van der Waals surface area contributed by atoms with Crippen LogP contribution in [0, 0.1) is 10.1 Å². The second kappa shape index (κ2) is 7.56. The second-order valence-electron chi connectivity index (χ2n) is 5.95. The van der Waals surface area contributed by atoms with E-state index < -0.39 is 10.3 Å². The van der Waals surface area contributed by atoms with Crippen LogP contribution in [0.2, 0.25) is 0 Å². The maximum atomic E-state index is 12.5. The number of hydrogen-bond acceptors (Lipinski definition) is 4. The number of rotatable bonds is 4. The van der Waals surface area contributed by atoms with Crippen molar-refractivity contribution in [2.24, 2.45) is 0 Å². The van der Waals surface area contributed by atoms with Crippen molar-refractivity contribution < 1.29 is 9.72 Å². The zero-order valence-corrected chi connectivity index (χ0v) is 13.6. The van der Waals surface area contributed by atoms with Crippen LogP contribution in [-0.2, 0) is 10.2 Å². The van der Waals surface area contributed by atoms with Gasteiger partial charge >= 0.3 is 0 Å². The molecule has 0 spiro atoms. The topological polar surface area (TPSA) is 84.3 Å². The predicted octanol–water partition coefficient (Wildman–Crippen LogP) is 2.16. The first kappa shape index (κ1) is 18.4. The lowest BCUT2D eigenvalue weighted by molar-refractivity contribution is -0.384. The number of hydrogen-bond donors (Lipinski definition) is 2. The van der Waals surface area contributed by atoms with Gasteiger partial charge in [0.2, 0.25) is 5.91 Å². The highest BCUT2D eigenvalue weighted by molar-refractivity contribution is 5.87. The summed E-state index contributed by atoms with van der Waals surface area (Å²) in [6.07, 6.45) is 2.04. The molecule has 22 heavy (non-hydrogen) atoms. The molecule has 1 fully saturated rings. The summed E-state index contributed by atoms with van der Waals surface area (Å²) in [7, 11) is 0. The Morgan fingerprint density at radius 1 is 1.36 bits per heavy atom. The SMILES string of the molecule is CC(C)(C(=O)N[C@H]1CCCNC1)c1ccc([N+](=O)[O-])cc1.Cl. The normalized spacial score (nSPS) is 18.2. The van der Waals surface area contributed by atoms with Crippen LogP contribution >= 0.6 is 12.4 Å². The minimum atomic E-state index is -0.716. The van der Waals surface area contributed by atoms with Crippen molar-refractivity contribution in [1.82, 2.24) is 10.6 Å². The number of amides is 1. The summed E-state index contributed by atoms with van der Waals surface area (Å²) >= 11 is 0. The minimum Gasteiger partial charge on any atom is -0.351 e. The van der Waals surface area contributed by atoms with Crippen LogP contribution in [0.1, 0.15) is 32.3 Å². The summed E-state index contributed by atoms with van der Waals surface area (Å²) in [6, 6.07) is 6.33. The molecule has 7 heteroatoms. The Labute approximate surface area is 136 Å². The Morgan fingerprint density at radius 2 is 2.00 bits per heavy atom. The Kier molecular flexibility index (Phi) is 6.32. The van der Waals surface area contributed by atoms with Crippen LogP contribution in [0.15, 0.2) is 24.3 Å². The number of carbonyl (C=O) groups is 1. The number of nitro benzene ring substituents is 1. The van der Waals surface area contributed by atoms with Gasteiger partial charge < -0.3 is 10.6 Å². The maximum absolute atomic E-state index is 12.5. The fourth-order valence-corrected chi connectivity index (χ4v) is 2.47. The van der Waals surface area contributed by atoms with Crippen molar-refractivity contribution in [2.45, 2.75) is 38.1 Å². The van der Waals surface area contributed by atoms with Gasteiger partial charge in [-0.25, -0.2) is 0 Å². The van der Waals surface area contributed by atoms with Crippen molar-refractivity contribution in [1.29, 1.82) is 0 Å². The molecule has 1 amide bonds. The molecule has 1 aliphatic heterocycles. The molecule has 0 aliphatic carbocycles. The summed E-state index contributed by atoms with van der Waals surface area (Å²) in [5.41, 5.74) is 0.0906. The molecule has 1 heterocycles. The van der Waals surface area contributed by atoms with E-state index in [1.807, 2.05) is 13.8 Å². The Hall–Kier alpha value is -1.66. The van der Waals surface area contributed by atoms with Crippen molar-refractivity contribution >= 4 is 24.0 Å². The Bertz CT molecular complexity index is 525. The highest BCUT2D eigenvalue weighted by Crippen LogP contribution is 2.25. The van der Waals surface area contributed by atoms with E-state index >= 15 is 0 Å². The monoisotopic (exact) mass is 327 g/mol. The van der Waals surface area contributed by atoms with Crippen LogP contribution in [0.5, 0.6) is 0 Å². The third-order valence-corrected chi connectivity index (χ3v) is 4.00. The van der Waals surface area contributed by atoms with Crippen molar-refractivity contribution in [3.05, 3.63) is 39.9 Å². The van der Waals surface area contributed by atoms with Crippen LogP contribution in [0.4, 0.5) is 5.69 Å². The quantitative estimate of drug-likeness (QED) is 0.655. The molecular weight excluding hydrogens is 306 g/mol. The van der Waals surface area contributed by atoms with Crippen molar-refractivity contribution in [3.63, 3.8) is 0 Å². The first-order valence-corrected chi connectivity index (χ1v) is 7.18. The third-order valence-electron chi connectivity index (χ3n) is 4.00. The first-order chi connectivity index (χ1) is 9.91. The first-order valence-electron chi connectivity index (χ1n) is 7.18. The minimum absolute atomic E-state index is 0. The number of halogens is 1. The fourth-order valence-electron chi connectivity index (χ4n) is 2.47. The predicted molar refractivity (Wildman–Crippen MR) is 87.4 cm³/mol. The molecule has 2 N–H and O–H groups in total. The van der Waals surface area contributed by atoms with E-state index in [0.29, 0.717) is 0 Å². The van der Waals surface area contributed by atoms with Gasteiger partial charge in [0.25, 0.3) is 5.69 Å². The number of nitrogens with one attached hydrogen (secondary N) is 2. The van der Waals surface area contributed by atoms with Gasteiger partial charge in [0.05, 0.1) is 10.3 Å². The van der Waals surface area contributed by atoms with E-state index in [1.165, 1.54) is 12.1 Å². The zero-order valence-electron chi connectivity index (χ0n) is 12.8. The van der Waals surface area contributed by atoms with Gasteiger partial charge in [-0.2, -0.15) is 0 Å². The van der Waals surface area contributed by atoms with E-state index in [4.69, 9.17) is 0 Å². The average molecular weight is 328 g/mol. The number of carbonyl (C=O) groups excluding carboxylic acids is 1. The van der Waals surface area contributed by atoms with E-state index in [9.17, 15) is 14.9 Å². The third kappa shape index (κ3) is 4.18. The number of benzene rings is 1. The molecule has 1 atom stereocenters. The van der Waals surface area contributed by atoms with Crippen LogP contribution < -0.4 is 10.6 Å². The van der Waals surface area contributed by atoms with Gasteiger partial charge in [0.1, 0.15) is 0 Å². The average Bonchev–Trinajstić information content (AvgIpc) is 2.48. The highest BCUT2D eigenvalue weighted by Gasteiger charge is 2.31. The molecule has 1 aromatic rings. The summed E-state index contributed by atoms with van der Waals surface area (Å²) in [4.78, 5) is 22.7. The van der Waals surface area contributed by atoms with E-state index in [0.717, 1.165) is 31.5 Å². The highest BCUT2D eigenvalue weighted by atomic mass is 35.5. The second-order valence-corrected chi connectivity index (χ2v) is 5.95. The van der Waals surface area contributed by atoms with Crippen molar-refractivity contribution in [2.75, 3.05) is 13.1 Å². The Morgan fingerprint density at radius 3 is 2.50 bits per heavy atom. The molecule has 2 rings (SSSR count). The van der Waals surface area contributed by atoms with Gasteiger partial charge in [-0.3, -0.25) is 14.9 Å². The lowest BCUT2D eigenvalue weighted by Gasteiger charge is -2.30. The summed E-state index contributed by atoms with van der Waals surface area (Å²) in [5.74, 6) is -0.0509. The summed E-state index contributed by atoms with van der Waals surface area (Å²) in [6.45, 7) is 5.46. The van der Waals surface area contributed by atoms with Crippen LogP contribution in [0.25, 0.3) is 0 Å². The standard InChI is InChI=1S/C15H21N3O3.ClH/c1-15(2,11-5-7-13(8-6-11)18(20)21)14(19)17-12-4-3-9-16-10-12;/h5-8,12,16H,3-4,9-10H2,1-2H3,(H,17,19);1H/t12-;/m0./s1. The molecular formula is C15H22ClN3O3. The fraction of sp³-hybridized carbons (Fsp3) is 0.533. The smallest absolute Gasteiger partial charge is 0.269 e. The molecule has 122 valence electrons. The van der Waals surface area contributed by atoms with Crippen molar-refractivity contribution in [3.8, 4) is 0 Å². The lowest BCUT2D eigenvalue weighted by Crippen LogP contribution is -2.50. The number of piperidine rings is 1. The summed E-state index contributed by atoms with van der Waals surface area (Å²) < 4.78 is 0. The van der Waals surface area contributed by atoms with Gasteiger partial charge in [-0.05, 0) is 38.8 Å². The number of nitro groups is 1. The van der Waals surface area contributed by atoms with Gasteiger partial charge in [0.15, 0.2) is 0 Å². The summed E-state index contributed by atoms with van der Waals surface area (Å²) in [5, 5.41) is 17.0. The largest absolute Gasteiger partial charge is 0.351 e. The van der Waals surface area contributed by atoms with E-state index in [-0.39, 0.29) is 30.0 Å². The molecule has 6 nitrogen and oxygen atoms in total. The Balaban J connectivity index is 0.00000242. The van der Waals surface area contributed by atoms with E-state index in [1.54, 1.807) is 12.1 Å².